The molecule has 0 aromatic carbocycles. The lowest BCUT2D eigenvalue weighted by Gasteiger charge is -2.24. The first-order valence-electron chi connectivity index (χ1n) is 8.46. The largest absolute Gasteiger partial charge is 0.449 e. The number of carbonyl (C=O) groups excluding carboxylic acids is 2. The second-order valence-corrected chi connectivity index (χ2v) is 6.14. The zero-order chi connectivity index (χ0) is 17.6. The molecule has 1 fully saturated rings. The van der Waals surface area contributed by atoms with Gasteiger partial charge >= 0.3 is 5.97 Å². The van der Waals surface area contributed by atoms with Crippen molar-refractivity contribution in [3.05, 3.63) is 36.5 Å². The number of ether oxygens (including phenoxy) is 1. The van der Waals surface area contributed by atoms with E-state index in [0.717, 1.165) is 25.7 Å². The van der Waals surface area contributed by atoms with E-state index in [1.54, 1.807) is 19.1 Å². The number of aromatic nitrogens is 4. The Morgan fingerprint density at radius 2 is 2.08 bits per heavy atom. The Hall–Kier alpha value is -2.77. The number of pyridine rings is 1. The van der Waals surface area contributed by atoms with Crippen LogP contribution in [0.1, 0.15) is 49.4 Å². The lowest BCUT2D eigenvalue weighted by atomic mass is 9.95. The van der Waals surface area contributed by atoms with Gasteiger partial charge in [0.05, 0.1) is 5.56 Å². The van der Waals surface area contributed by atoms with Crippen LogP contribution in [0, 0.1) is 0 Å². The van der Waals surface area contributed by atoms with Crippen LogP contribution in [0.2, 0.25) is 0 Å². The van der Waals surface area contributed by atoms with Gasteiger partial charge in [0.1, 0.15) is 12.7 Å². The van der Waals surface area contributed by atoms with E-state index in [4.69, 9.17) is 4.74 Å². The van der Waals surface area contributed by atoms with Crippen LogP contribution in [0.15, 0.2) is 31.0 Å². The number of hydrogen-bond acceptors (Lipinski definition) is 6. The summed E-state index contributed by atoms with van der Waals surface area (Å²) in [4.78, 5) is 32.3. The summed E-state index contributed by atoms with van der Waals surface area (Å²) in [7, 11) is 0. The zero-order valence-electron chi connectivity index (χ0n) is 14.1. The number of nitrogens with one attached hydrogen (secondary N) is 1. The Bertz CT molecular complexity index is 708. The number of esters is 1. The SMILES string of the molecule is C[C@H](OC(=O)c1ccc(-n2cncn2)nc1)C(=O)NC1CCCCC1. The van der Waals surface area contributed by atoms with E-state index in [2.05, 4.69) is 20.4 Å². The second-order valence-electron chi connectivity index (χ2n) is 6.14. The van der Waals surface area contributed by atoms with Gasteiger partial charge in [0.2, 0.25) is 0 Å². The highest BCUT2D eigenvalue weighted by molar-refractivity contribution is 5.92. The molecule has 1 aliphatic carbocycles. The van der Waals surface area contributed by atoms with E-state index < -0.39 is 12.1 Å². The van der Waals surface area contributed by atoms with Crippen LogP contribution < -0.4 is 5.32 Å². The molecule has 0 bridgehead atoms. The van der Waals surface area contributed by atoms with Gasteiger partial charge in [-0.3, -0.25) is 4.79 Å². The molecule has 1 N–H and O–H groups in total. The lowest BCUT2D eigenvalue weighted by molar-refractivity contribution is -0.130. The molecule has 8 nitrogen and oxygen atoms in total. The molecule has 8 heteroatoms. The molecule has 0 unspecified atom stereocenters. The summed E-state index contributed by atoms with van der Waals surface area (Å²) in [6, 6.07) is 3.40. The van der Waals surface area contributed by atoms with Crippen LogP contribution in [0.3, 0.4) is 0 Å². The summed E-state index contributed by atoms with van der Waals surface area (Å²) >= 11 is 0. The first-order valence-corrected chi connectivity index (χ1v) is 8.46. The summed E-state index contributed by atoms with van der Waals surface area (Å²) in [5.74, 6) is -0.298. The van der Waals surface area contributed by atoms with Crippen LogP contribution in [-0.4, -0.2) is 43.8 Å². The number of rotatable bonds is 5. The zero-order valence-corrected chi connectivity index (χ0v) is 14.1. The fourth-order valence-corrected chi connectivity index (χ4v) is 2.82. The molecule has 25 heavy (non-hydrogen) atoms. The standard InChI is InChI=1S/C17H21N5O3/c1-12(16(23)21-14-5-3-2-4-6-14)25-17(24)13-7-8-15(19-9-13)22-11-18-10-20-22/h7-12,14H,2-6H2,1H3,(H,21,23)/t12-/m0/s1. The van der Waals surface area contributed by atoms with Crippen molar-refractivity contribution in [3.8, 4) is 5.82 Å². The van der Waals surface area contributed by atoms with Gasteiger partial charge in [-0.2, -0.15) is 5.10 Å². The van der Waals surface area contributed by atoms with E-state index in [-0.39, 0.29) is 17.5 Å². The summed E-state index contributed by atoms with van der Waals surface area (Å²) in [5.41, 5.74) is 0.279. The minimum Gasteiger partial charge on any atom is -0.449 e. The highest BCUT2D eigenvalue weighted by Crippen LogP contribution is 2.17. The molecule has 0 saturated heterocycles. The summed E-state index contributed by atoms with van der Waals surface area (Å²) in [5, 5.41) is 6.91. The van der Waals surface area contributed by atoms with E-state index >= 15 is 0 Å². The third-order valence-electron chi connectivity index (χ3n) is 4.24. The smallest absolute Gasteiger partial charge is 0.340 e. The fourth-order valence-electron chi connectivity index (χ4n) is 2.82. The Balaban J connectivity index is 1.54. The monoisotopic (exact) mass is 343 g/mol. The van der Waals surface area contributed by atoms with Crippen molar-refractivity contribution in [1.29, 1.82) is 0 Å². The van der Waals surface area contributed by atoms with Gasteiger partial charge in [-0.05, 0) is 31.9 Å². The quantitative estimate of drug-likeness (QED) is 0.829. The second kappa shape index (κ2) is 7.87. The van der Waals surface area contributed by atoms with E-state index in [9.17, 15) is 9.59 Å². The molecule has 1 saturated carbocycles. The third-order valence-corrected chi connectivity index (χ3v) is 4.24. The normalized spacial score (nSPS) is 16.2. The van der Waals surface area contributed by atoms with Crippen LogP contribution in [0.5, 0.6) is 0 Å². The molecule has 0 aliphatic heterocycles. The molecule has 1 atom stereocenters. The van der Waals surface area contributed by atoms with Gasteiger partial charge in [0.25, 0.3) is 5.91 Å². The Morgan fingerprint density at radius 1 is 1.28 bits per heavy atom. The Labute approximate surface area is 145 Å². The minimum absolute atomic E-state index is 0.186. The number of carbonyl (C=O) groups is 2. The average molecular weight is 343 g/mol. The third kappa shape index (κ3) is 4.40. The molecule has 2 aromatic heterocycles. The van der Waals surface area contributed by atoms with Crippen LogP contribution >= 0.6 is 0 Å². The van der Waals surface area contributed by atoms with Crippen molar-refractivity contribution in [3.63, 3.8) is 0 Å². The fraction of sp³-hybridized carbons (Fsp3) is 0.471. The van der Waals surface area contributed by atoms with Gasteiger partial charge in [-0.1, -0.05) is 19.3 Å². The molecule has 3 rings (SSSR count). The first kappa shape index (κ1) is 17.1. The molecule has 1 amide bonds. The van der Waals surface area contributed by atoms with Gasteiger partial charge < -0.3 is 10.1 Å². The number of amides is 1. The lowest BCUT2D eigenvalue weighted by Crippen LogP contribution is -2.42. The molecular weight excluding hydrogens is 322 g/mol. The maximum absolute atomic E-state index is 12.2. The van der Waals surface area contributed by atoms with E-state index in [1.807, 2.05) is 0 Å². The van der Waals surface area contributed by atoms with Crippen LogP contribution in [-0.2, 0) is 9.53 Å². The maximum atomic E-state index is 12.2. The summed E-state index contributed by atoms with van der Waals surface area (Å²) < 4.78 is 6.73. The number of nitrogens with zero attached hydrogens (tertiary/aromatic N) is 4. The van der Waals surface area contributed by atoms with Gasteiger partial charge in [-0.25, -0.2) is 19.4 Å². The molecule has 132 valence electrons. The summed E-state index contributed by atoms with van der Waals surface area (Å²) in [6.07, 6.45) is 8.91. The van der Waals surface area contributed by atoms with Crippen LogP contribution in [0.4, 0.5) is 0 Å². The highest BCUT2D eigenvalue weighted by atomic mass is 16.5. The maximum Gasteiger partial charge on any atom is 0.340 e. The first-order chi connectivity index (χ1) is 12.1. The minimum atomic E-state index is -0.843. The van der Waals surface area contributed by atoms with Crippen molar-refractivity contribution in [2.24, 2.45) is 0 Å². The summed E-state index contributed by atoms with van der Waals surface area (Å²) in [6.45, 7) is 1.58. The van der Waals surface area contributed by atoms with Crippen molar-refractivity contribution >= 4 is 11.9 Å². The van der Waals surface area contributed by atoms with Crippen molar-refractivity contribution in [1.82, 2.24) is 25.1 Å². The molecule has 2 aromatic rings. The highest BCUT2D eigenvalue weighted by Gasteiger charge is 2.23. The van der Waals surface area contributed by atoms with Crippen molar-refractivity contribution < 1.29 is 14.3 Å². The van der Waals surface area contributed by atoms with E-state index in [0.29, 0.717) is 5.82 Å². The molecule has 2 heterocycles. The van der Waals surface area contributed by atoms with Crippen LogP contribution in [0.25, 0.3) is 5.82 Å². The number of hydrogen-bond donors (Lipinski definition) is 1. The van der Waals surface area contributed by atoms with Gasteiger partial charge in [-0.15, -0.1) is 0 Å². The molecule has 1 aliphatic rings. The molecule has 0 radical (unpaired) electrons. The average Bonchev–Trinajstić information content (AvgIpc) is 3.17. The van der Waals surface area contributed by atoms with Gasteiger partial charge in [0, 0.05) is 12.2 Å². The Morgan fingerprint density at radius 3 is 2.72 bits per heavy atom. The van der Waals surface area contributed by atoms with Gasteiger partial charge in [0.15, 0.2) is 11.9 Å². The predicted molar refractivity (Wildman–Crippen MR) is 89.0 cm³/mol. The molecule has 0 spiro atoms. The predicted octanol–water partition coefficient (Wildman–Crippen LogP) is 1.66. The van der Waals surface area contributed by atoms with Crippen molar-refractivity contribution in [2.75, 3.05) is 0 Å². The van der Waals surface area contributed by atoms with Crippen molar-refractivity contribution in [2.45, 2.75) is 51.2 Å². The Kier molecular flexibility index (Phi) is 5.37. The molecular formula is C17H21N5O3. The topological polar surface area (TPSA) is 99.0 Å². The van der Waals surface area contributed by atoms with E-state index in [1.165, 1.54) is 30.0 Å².